The Kier molecular flexibility index (Phi) is 3.71. The summed E-state index contributed by atoms with van der Waals surface area (Å²) in [7, 11) is 0. The smallest absolute Gasteiger partial charge is 0.123 e. The molecule has 0 aliphatic carbocycles. The van der Waals surface area contributed by atoms with Gasteiger partial charge in [-0.15, -0.1) is 11.3 Å². The molecule has 2 aromatic rings. The number of halogens is 1. The number of nitrogens with two attached hydrogens (primary N) is 1. The quantitative estimate of drug-likeness (QED) is 0.874. The van der Waals surface area contributed by atoms with E-state index in [0.29, 0.717) is 0 Å². The van der Waals surface area contributed by atoms with Gasteiger partial charge in [0, 0.05) is 15.8 Å². The fourth-order valence-corrected chi connectivity index (χ4v) is 2.38. The third-order valence-corrected chi connectivity index (χ3v) is 3.42. The first-order chi connectivity index (χ1) is 8.15. The van der Waals surface area contributed by atoms with E-state index in [0.717, 1.165) is 15.3 Å². The number of thiophene rings is 1. The molecule has 0 spiro atoms. The second-order valence-corrected chi connectivity index (χ2v) is 5.04. The van der Waals surface area contributed by atoms with Gasteiger partial charge in [-0.3, -0.25) is 0 Å². The number of rotatable bonds is 3. The van der Waals surface area contributed by atoms with Gasteiger partial charge in [-0.1, -0.05) is 18.2 Å². The van der Waals surface area contributed by atoms with Crippen LogP contribution in [0.25, 0.3) is 16.5 Å². The van der Waals surface area contributed by atoms with Gasteiger partial charge in [-0.25, -0.2) is 4.39 Å². The first-order valence-corrected chi connectivity index (χ1v) is 6.26. The Hall–Kier alpha value is -1.45. The van der Waals surface area contributed by atoms with E-state index in [9.17, 15) is 4.39 Å². The van der Waals surface area contributed by atoms with Crippen molar-refractivity contribution in [3.8, 4) is 10.4 Å². The lowest BCUT2D eigenvalue weighted by molar-refractivity contribution is 0.628. The summed E-state index contributed by atoms with van der Waals surface area (Å²) in [4.78, 5) is 2.29. The fourth-order valence-electron chi connectivity index (χ4n) is 1.46. The third-order valence-electron chi connectivity index (χ3n) is 2.32. The highest BCUT2D eigenvalue weighted by Gasteiger charge is 2.01. The topological polar surface area (TPSA) is 26.0 Å². The normalized spacial score (nSPS) is 13.1. The summed E-state index contributed by atoms with van der Waals surface area (Å²) in [6.45, 7) is 1.94. The van der Waals surface area contributed by atoms with Crippen LogP contribution < -0.4 is 5.73 Å². The summed E-state index contributed by atoms with van der Waals surface area (Å²) in [5, 5.41) is 0. The lowest BCUT2D eigenvalue weighted by atomic mass is 10.2. The molecule has 17 heavy (non-hydrogen) atoms. The largest absolute Gasteiger partial charge is 0.325 e. The van der Waals surface area contributed by atoms with Crippen molar-refractivity contribution in [1.82, 2.24) is 0 Å². The first-order valence-electron chi connectivity index (χ1n) is 5.45. The second kappa shape index (κ2) is 5.25. The molecule has 1 atom stereocenters. The summed E-state index contributed by atoms with van der Waals surface area (Å²) in [6.07, 6.45) is 3.97. The van der Waals surface area contributed by atoms with Crippen molar-refractivity contribution in [3.05, 3.63) is 53.2 Å². The third kappa shape index (κ3) is 3.25. The predicted octanol–water partition coefficient (Wildman–Crippen LogP) is 3.91. The van der Waals surface area contributed by atoms with Crippen LogP contribution in [-0.2, 0) is 0 Å². The molecule has 1 aromatic heterocycles. The highest BCUT2D eigenvalue weighted by atomic mass is 32.1. The molecule has 0 aliphatic rings. The molecule has 2 N–H and O–H groups in total. The number of hydrogen-bond donors (Lipinski definition) is 1. The molecule has 1 nitrogen and oxygen atoms in total. The Balaban J connectivity index is 2.21. The van der Waals surface area contributed by atoms with Gasteiger partial charge >= 0.3 is 0 Å². The van der Waals surface area contributed by atoms with Crippen LogP contribution in [0.3, 0.4) is 0 Å². The summed E-state index contributed by atoms with van der Waals surface area (Å²) in [5.74, 6) is -0.206. The molecular weight excluding hydrogens is 233 g/mol. The molecule has 1 heterocycles. The summed E-state index contributed by atoms with van der Waals surface area (Å²) >= 11 is 1.67. The van der Waals surface area contributed by atoms with Crippen molar-refractivity contribution in [2.45, 2.75) is 13.0 Å². The molecule has 0 bridgehead atoms. The number of benzene rings is 1. The van der Waals surface area contributed by atoms with Gasteiger partial charge in [0.05, 0.1) is 0 Å². The van der Waals surface area contributed by atoms with Crippen molar-refractivity contribution in [3.63, 3.8) is 0 Å². The second-order valence-electron chi connectivity index (χ2n) is 3.93. The zero-order valence-corrected chi connectivity index (χ0v) is 10.4. The lowest BCUT2D eigenvalue weighted by Crippen LogP contribution is -2.09. The maximum atomic E-state index is 12.8. The average Bonchev–Trinajstić information content (AvgIpc) is 2.76. The summed E-state index contributed by atoms with van der Waals surface area (Å²) in [6, 6.07) is 10.7. The van der Waals surface area contributed by atoms with Gasteiger partial charge in [0.25, 0.3) is 0 Å². The Morgan fingerprint density at radius 1 is 1.18 bits per heavy atom. The van der Waals surface area contributed by atoms with E-state index in [-0.39, 0.29) is 11.9 Å². The van der Waals surface area contributed by atoms with E-state index in [2.05, 4.69) is 0 Å². The highest BCUT2D eigenvalue weighted by molar-refractivity contribution is 7.16. The first kappa shape index (κ1) is 12.0. The van der Waals surface area contributed by atoms with Gasteiger partial charge < -0.3 is 5.73 Å². The van der Waals surface area contributed by atoms with E-state index in [1.807, 2.05) is 31.2 Å². The van der Waals surface area contributed by atoms with Crippen LogP contribution in [0.1, 0.15) is 11.8 Å². The van der Waals surface area contributed by atoms with Crippen LogP contribution in [0.4, 0.5) is 4.39 Å². The van der Waals surface area contributed by atoms with Crippen LogP contribution in [0.2, 0.25) is 0 Å². The fraction of sp³-hybridized carbons (Fsp3) is 0.143. The molecule has 2 rings (SSSR count). The van der Waals surface area contributed by atoms with Crippen LogP contribution in [0.15, 0.2) is 42.5 Å². The van der Waals surface area contributed by atoms with Gasteiger partial charge in [0.15, 0.2) is 0 Å². The van der Waals surface area contributed by atoms with Crippen LogP contribution in [-0.4, -0.2) is 6.04 Å². The average molecular weight is 247 g/mol. The Labute approximate surface area is 104 Å². The summed E-state index contributed by atoms with van der Waals surface area (Å²) in [5.41, 5.74) is 6.69. The molecule has 3 heteroatoms. The zero-order chi connectivity index (χ0) is 12.3. The minimum Gasteiger partial charge on any atom is -0.325 e. The molecule has 0 saturated carbocycles. The van der Waals surface area contributed by atoms with Gasteiger partial charge in [0.1, 0.15) is 5.82 Å². The lowest BCUT2D eigenvalue weighted by Gasteiger charge is -1.96. The Morgan fingerprint density at radius 3 is 2.53 bits per heavy atom. The molecule has 0 amide bonds. The molecule has 1 aromatic carbocycles. The van der Waals surface area contributed by atoms with E-state index >= 15 is 0 Å². The monoisotopic (exact) mass is 247 g/mol. The SMILES string of the molecule is CC(N)/C=C/c1ccc(-c2ccc(F)cc2)s1. The predicted molar refractivity (Wildman–Crippen MR) is 72.4 cm³/mol. The number of hydrogen-bond acceptors (Lipinski definition) is 2. The highest BCUT2D eigenvalue weighted by Crippen LogP contribution is 2.28. The van der Waals surface area contributed by atoms with Gasteiger partial charge in [0.2, 0.25) is 0 Å². The standard InChI is InChI=1S/C14H14FNS/c1-10(16)2-7-13-8-9-14(17-13)11-3-5-12(15)6-4-11/h2-10H,16H2,1H3/b7-2+. The zero-order valence-electron chi connectivity index (χ0n) is 9.56. The molecule has 0 radical (unpaired) electrons. The van der Waals surface area contributed by atoms with E-state index in [4.69, 9.17) is 5.73 Å². The van der Waals surface area contributed by atoms with Crippen LogP contribution in [0, 0.1) is 5.82 Å². The van der Waals surface area contributed by atoms with Crippen LogP contribution >= 0.6 is 11.3 Å². The molecule has 0 aliphatic heterocycles. The van der Waals surface area contributed by atoms with Crippen LogP contribution in [0.5, 0.6) is 0 Å². The Morgan fingerprint density at radius 2 is 1.88 bits per heavy atom. The molecule has 1 unspecified atom stereocenters. The van der Waals surface area contributed by atoms with Gasteiger partial charge in [-0.2, -0.15) is 0 Å². The molecular formula is C14H14FNS. The minimum atomic E-state index is -0.206. The van der Waals surface area contributed by atoms with E-state index in [1.54, 1.807) is 23.5 Å². The Bertz CT molecular complexity index is 511. The van der Waals surface area contributed by atoms with Gasteiger partial charge in [-0.05, 0) is 42.8 Å². The van der Waals surface area contributed by atoms with Crippen molar-refractivity contribution < 1.29 is 4.39 Å². The molecule has 0 fully saturated rings. The van der Waals surface area contributed by atoms with Crippen molar-refractivity contribution in [1.29, 1.82) is 0 Å². The van der Waals surface area contributed by atoms with Crippen molar-refractivity contribution in [2.24, 2.45) is 5.73 Å². The van der Waals surface area contributed by atoms with Crippen molar-refractivity contribution in [2.75, 3.05) is 0 Å². The minimum absolute atomic E-state index is 0.0615. The maximum Gasteiger partial charge on any atom is 0.123 e. The molecule has 88 valence electrons. The van der Waals surface area contributed by atoms with E-state index in [1.165, 1.54) is 12.1 Å². The summed E-state index contributed by atoms with van der Waals surface area (Å²) < 4.78 is 12.8. The van der Waals surface area contributed by atoms with E-state index < -0.39 is 0 Å². The maximum absolute atomic E-state index is 12.8. The van der Waals surface area contributed by atoms with Crippen molar-refractivity contribution >= 4 is 17.4 Å². The molecule has 0 saturated heterocycles.